The molecule has 102 valence electrons. The fraction of sp³-hybridized carbons (Fsp3) is 0.625. The van der Waals surface area contributed by atoms with Crippen LogP contribution in [-0.4, -0.2) is 23.4 Å². The molecule has 0 bridgehead atoms. The molecule has 0 spiro atoms. The van der Waals surface area contributed by atoms with E-state index < -0.39 is 0 Å². The predicted molar refractivity (Wildman–Crippen MR) is 76.6 cm³/mol. The molecule has 0 radical (unpaired) electrons. The van der Waals surface area contributed by atoms with Gasteiger partial charge in [-0.15, -0.1) is 0 Å². The summed E-state index contributed by atoms with van der Waals surface area (Å²) in [5.74, 6) is 0.913. The van der Waals surface area contributed by atoms with Gasteiger partial charge in [-0.1, -0.05) is 12.8 Å². The smallest absolute Gasteiger partial charge is 0.178 e. The number of carbonyl (C=O) groups is 1. The highest BCUT2D eigenvalue weighted by molar-refractivity contribution is 5.92. The zero-order valence-corrected chi connectivity index (χ0v) is 11.6. The second kappa shape index (κ2) is 5.32. The first-order valence-electron chi connectivity index (χ1n) is 7.49. The SMILES string of the molecule is CC(=O)c1ccc(N2CCC[C@H]3CCCC[C@H]32)cn1. The Morgan fingerprint density at radius 2 is 2.00 bits per heavy atom. The van der Waals surface area contributed by atoms with Crippen LogP contribution in [0.5, 0.6) is 0 Å². The van der Waals surface area contributed by atoms with Crippen molar-refractivity contribution in [2.75, 3.05) is 11.4 Å². The molecule has 3 nitrogen and oxygen atoms in total. The van der Waals surface area contributed by atoms with Gasteiger partial charge in [-0.25, -0.2) is 0 Å². The van der Waals surface area contributed by atoms with Crippen molar-refractivity contribution in [1.29, 1.82) is 0 Å². The van der Waals surface area contributed by atoms with Gasteiger partial charge in [0, 0.05) is 19.5 Å². The van der Waals surface area contributed by atoms with E-state index in [0.717, 1.165) is 12.5 Å². The highest BCUT2D eigenvalue weighted by Gasteiger charge is 2.33. The molecule has 1 saturated carbocycles. The number of piperidine rings is 1. The van der Waals surface area contributed by atoms with Gasteiger partial charge in [-0.3, -0.25) is 9.78 Å². The molecule has 1 aliphatic carbocycles. The molecule has 2 atom stereocenters. The van der Waals surface area contributed by atoms with Crippen LogP contribution in [0, 0.1) is 5.92 Å². The van der Waals surface area contributed by atoms with E-state index in [1.54, 1.807) is 6.92 Å². The Bertz CT molecular complexity index is 452. The number of hydrogen-bond acceptors (Lipinski definition) is 3. The zero-order chi connectivity index (χ0) is 13.2. The summed E-state index contributed by atoms with van der Waals surface area (Å²) in [6, 6.07) is 4.64. The van der Waals surface area contributed by atoms with Gasteiger partial charge in [0.2, 0.25) is 0 Å². The average molecular weight is 258 g/mol. The molecule has 2 heterocycles. The lowest BCUT2D eigenvalue weighted by atomic mass is 9.78. The number of carbonyl (C=O) groups excluding carboxylic acids is 1. The summed E-state index contributed by atoms with van der Waals surface area (Å²) in [6.07, 6.45) is 10.0. The van der Waals surface area contributed by atoms with Gasteiger partial charge in [-0.2, -0.15) is 0 Å². The van der Waals surface area contributed by atoms with Crippen LogP contribution in [0.4, 0.5) is 5.69 Å². The van der Waals surface area contributed by atoms with Crippen molar-refractivity contribution < 1.29 is 4.79 Å². The van der Waals surface area contributed by atoms with E-state index in [9.17, 15) is 4.79 Å². The summed E-state index contributed by atoms with van der Waals surface area (Å²) in [5, 5.41) is 0. The van der Waals surface area contributed by atoms with Crippen LogP contribution in [0.3, 0.4) is 0 Å². The van der Waals surface area contributed by atoms with Gasteiger partial charge in [0.15, 0.2) is 5.78 Å². The quantitative estimate of drug-likeness (QED) is 0.762. The molecule has 1 saturated heterocycles. The van der Waals surface area contributed by atoms with E-state index in [1.165, 1.54) is 44.2 Å². The first-order valence-corrected chi connectivity index (χ1v) is 7.49. The third kappa shape index (κ3) is 2.51. The van der Waals surface area contributed by atoms with E-state index in [0.29, 0.717) is 11.7 Å². The minimum absolute atomic E-state index is 0.0423. The zero-order valence-electron chi connectivity index (χ0n) is 11.6. The lowest BCUT2D eigenvalue weighted by Gasteiger charge is -2.45. The number of rotatable bonds is 2. The monoisotopic (exact) mass is 258 g/mol. The number of pyridine rings is 1. The molecule has 1 aliphatic heterocycles. The standard InChI is InChI=1S/C16H22N2O/c1-12(19)15-9-8-14(11-17-15)18-10-4-6-13-5-2-3-7-16(13)18/h8-9,11,13,16H,2-7,10H2,1H3/t13-,16-/m1/s1. The van der Waals surface area contributed by atoms with E-state index in [2.05, 4.69) is 16.0 Å². The van der Waals surface area contributed by atoms with E-state index >= 15 is 0 Å². The fourth-order valence-corrected chi connectivity index (χ4v) is 3.71. The molecule has 0 amide bonds. The number of fused-ring (bicyclic) bond motifs is 1. The van der Waals surface area contributed by atoms with Crippen LogP contribution in [-0.2, 0) is 0 Å². The maximum absolute atomic E-state index is 11.3. The Morgan fingerprint density at radius 1 is 1.21 bits per heavy atom. The molecule has 0 N–H and O–H groups in total. The van der Waals surface area contributed by atoms with Crippen molar-refractivity contribution in [3.05, 3.63) is 24.0 Å². The number of Topliss-reactive ketones (excluding diaryl/α,β-unsaturated/α-hetero) is 1. The minimum atomic E-state index is 0.0423. The van der Waals surface area contributed by atoms with Gasteiger partial charge in [0.25, 0.3) is 0 Å². The summed E-state index contributed by atoms with van der Waals surface area (Å²) >= 11 is 0. The van der Waals surface area contributed by atoms with Gasteiger partial charge < -0.3 is 4.90 Å². The van der Waals surface area contributed by atoms with Crippen molar-refractivity contribution in [1.82, 2.24) is 4.98 Å². The first kappa shape index (κ1) is 12.6. The molecule has 0 unspecified atom stereocenters. The second-order valence-corrected chi connectivity index (χ2v) is 5.91. The molecule has 0 aromatic carbocycles. The highest BCUT2D eigenvalue weighted by atomic mass is 16.1. The lowest BCUT2D eigenvalue weighted by Crippen LogP contribution is -2.46. The third-order valence-corrected chi connectivity index (χ3v) is 4.68. The second-order valence-electron chi connectivity index (χ2n) is 5.91. The predicted octanol–water partition coefficient (Wildman–Crippen LogP) is 3.44. The number of anilines is 1. The Morgan fingerprint density at radius 3 is 2.74 bits per heavy atom. The van der Waals surface area contributed by atoms with Crippen LogP contribution in [0.1, 0.15) is 55.9 Å². The van der Waals surface area contributed by atoms with Crippen LogP contribution in [0.25, 0.3) is 0 Å². The number of nitrogens with zero attached hydrogens (tertiary/aromatic N) is 2. The first-order chi connectivity index (χ1) is 9.25. The van der Waals surface area contributed by atoms with Crippen molar-refractivity contribution >= 4 is 11.5 Å². The summed E-state index contributed by atoms with van der Waals surface area (Å²) in [7, 11) is 0. The molecule has 1 aromatic rings. The molecule has 19 heavy (non-hydrogen) atoms. The summed E-state index contributed by atoms with van der Waals surface area (Å²) in [4.78, 5) is 18.1. The highest BCUT2D eigenvalue weighted by Crippen LogP contribution is 2.37. The number of hydrogen-bond donors (Lipinski definition) is 0. The van der Waals surface area contributed by atoms with Crippen molar-refractivity contribution in [2.24, 2.45) is 5.92 Å². The Labute approximate surface area is 115 Å². The van der Waals surface area contributed by atoms with Gasteiger partial charge in [-0.05, 0) is 43.7 Å². The minimum Gasteiger partial charge on any atom is -0.367 e. The maximum atomic E-state index is 11.3. The average Bonchev–Trinajstić information content (AvgIpc) is 2.47. The molecular formula is C16H22N2O. The third-order valence-electron chi connectivity index (χ3n) is 4.68. The maximum Gasteiger partial charge on any atom is 0.178 e. The topological polar surface area (TPSA) is 33.2 Å². The van der Waals surface area contributed by atoms with Crippen LogP contribution in [0.15, 0.2) is 18.3 Å². The lowest BCUT2D eigenvalue weighted by molar-refractivity contribution is 0.101. The largest absolute Gasteiger partial charge is 0.367 e. The summed E-state index contributed by atoms with van der Waals surface area (Å²) in [5.41, 5.74) is 1.77. The van der Waals surface area contributed by atoms with Crippen molar-refractivity contribution in [3.8, 4) is 0 Å². The summed E-state index contributed by atoms with van der Waals surface area (Å²) < 4.78 is 0. The normalized spacial score (nSPS) is 26.9. The Hall–Kier alpha value is -1.38. The summed E-state index contributed by atoms with van der Waals surface area (Å²) in [6.45, 7) is 2.71. The molecule has 3 heteroatoms. The molecule has 3 rings (SSSR count). The Balaban J connectivity index is 1.81. The molecule has 1 aromatic heterocycles. The molecular weight excluding hydrogens is 236 g/mol. The van der Waals surface area contributed by atoms with E-state index in [-0.39, 0.29) is 5.78 Å². The Kier molecular flexibility index (Phi) is 3.54. The molecule has 2 fully saturated rings. The number of aromatic nitrogens is 1. The fourth-order valence-electron chi connectivity index (χ4n) is 3.71. The van der Waals surface area contributed by atoms with E-state index in [4.69, 9.17) is 0 Å². The van der Waals surface area contributed by atoms with Crippen LogP contribution >= 0.6 is 0 Å². The van der Waals surface area contributed by atoms with Crippen LogP contribution in [0.2, 0.25) is 0 Å². The van der Waals surface area contributed by atoms with E-state index in [1.807, 2.05) is 12.3 Å². The van der Waals surface area contributed by atoms with Gasteiger partial charge >= 0.3 is 0 Å². The van der Waals surface area contributed by atoms with Gasteiger partial charge in [0.1, 0.15) is 5.69 Å². The van der Waals surface area contributed by atoms with Crippen molar-refractivity contribution in [3.63, 3.8) is 0 Å². The molecule has 2 aliphatic rings. The van der Waals surface area contributed by atoms with Gasteiger partial charge in [0.05, 0.1) is 11.9 Å². The number of ketones is 1. The van der Waals surface area contributed by atoms with Crippen molar-refractivity contribution in [2.45, 2.75) is 51.5 Å². The van der Waals surface area contributed by atoms with Crippen LogP contribution < -0.4 is 4.90 Å².